The van der Waals surface area contributed by atoms with Crippen molar-refractivity contribution in [3.05, 3.63) is 53.6 Å². The van der Waals surface area contributed by atoms with Gasteiger partial charge in [-0.3, -0.25) is 14.5 Å². The number of methoxy groups -OCH3 is 1. The van der Waals surface area contributed by atoms with Crippen LogP contribution >= 0.6 is 0 Å². The number of nitrogens with zero attached hydrogens (tertiary/aromatic N) is 1. The van der Waals surface area contributed by atoms with E-state index in [1.807, 2.05) is 0 Å². The third kappa shape index (κ3) is 8.68. The second kappa shape index (κ2) is 14.9. The molecular weight excluding hydrogens is 500 g/mol. The molecule has 2 aliphatic rings. The summed E-state index contributed by atoms with van der Waals surface area (Å²) in [5, 5.41) is 24.2. The summed E-state index contributed by atoms with van der Waals surface area (Å²) < 4.78 is 16.4. The number of carbonyl (C=O) groups is 2. The number of nitrogens with one attached hydrogen (secondary N) is 1. The number of rotatable bonds is 13. The van der Waals surface area contributed by atoms with E-state index in [-0.39, 0.29) is 19.1 Å². The van der Waals surface area contributed by atoms with Crippen molar-refractivity contribution in [1.82, 2.24) is 10.2 Å². The van der Waals surface area contributed by atoms with Crippen molar-refractivity contribution in [2.45, 2.75) is 64.2 Å². The maximum Gasteiger partial charge on any atom is 0.220 e. The van der Waals surface area contributed by atoms with E-state index in [9.17, 15) is 19.8 Å². The highest BCUT2D eigenvalue weighted by atomic mass is 16.6. The molecule has 0 aliphatic carbocycles. The molecular formula is C30H42N2O7. The van der Waals surface area contributed by atoms with E-state index >= 15 is 0 Å². The highest BCUT2D eigenvalue weighted by molar-refractivity contribution is 5.96. The van der Waals surface area contributed by atoms with Gasteiger partial charge in [0.15, 0.2) is 17.3 Å². The van der Waals surface area contributed by atoms with Crippen molar-refractivity contribution >= 4 is 11.7 Å². The summed E-state index contributed by atoms with van der Waals surface area (Å²) >= 11 is 0. The summed E-state index contributed by atoms with van der Waals surface area (Å²) in [5.74, 6) is 1.87. The molecule has 0 spiro atoms. The fourth-order valence-electron chi connectivity index (χ4n) is 4.90. The Labute approximate surface area is 231 Å². The van der Waals surface area contributed by atoms with Gasteiger partial charge in [0.2, 0.25) is 5.91 Å². The van der Waals surface area contributed by atoms with E-state index in [2.05, 4.69) is 10.2 Å². The molecule has 1 amide bonds. The van der Waals surface area contributed by atoms with Crippen molar-refractivity contribution in [2.75, 3.05) is 40.0 Å². The molecule has 214 valence electrons. The first-order valence-electron chi connectivity index (χ1n) is 13.4. The van der Waals surface area contributed by atoms with Crippen LogP contribution in [0, 0.1) is 0 Å². The number of ether oxygens (including phenoxy) is 3. The van der Waals surface area contributed by atoms with Gasteiger partial charge in [-0.1, -0.05) is 19.9 Å². The number of likely N-dealkylation sites (tertiary alicyclic amines) is 1. The molecule has 3 atom stereocenters. The van der Waals surface area contributed by atoms with Gasteiger partial charge in [0.25, 0.3) is 0 Å². The largest absolute Gasteiger partial charge is 0.497 e. The molecule has 1 saturated heterocycles. The Bertz CT molecular complexity index is 1080. The van der Waals surface area contributed by atoms with Gasteiger partial charge < -0.3 is 29.7 Å². The van der Waals surface area contributed by atoms with Gasteiger partial charge in [-0.05, 0) is 61.2 Å². The van der Waals surface area contributed by atoms with Crippen LogP contribution in [-0.2, 0) is 4.79 Å². The molecule has 0 aromatic heterocycles. The molecule has 9 nitrogen and oxygen atoms in total. The van der Waals surface area contributed by atoms with Gasteiger partial charge in [0.05, 0.1) is 19.3 Å². The van der Waals surface area contributed by atoms with Gasteiger partial charge in [-0.15, -0.1) is 0 Å². The zero-order chi connectivity index (χ0) is 26.9. The average molecular weight is 543 g/mol. The molecule has 1 fully saturated rings. The van der Waals surface area contributed by atoms with Crippen LogP contribution in [0.2, 0.25) is 0 Å². The standard InChI is InChI=1S/C29H38N2O7.CH4/c1-36-23-10-7-20(8-11-23)25(33)5-3-2-4-6-28(34)30-24(19-31-14-13-22(32)18-31)29(35)21-9-12-26-27(17-21)38-16-15-37-26;/h7-12,17,22,24,29,32,35H,2-6,13-16,18-19H2,1H3,(H,30,34);1H4/t22-,24-,29+;/m1./s1. The molecule has 2 aromatic rings. The van der Waals surface area contributed by atoms with E-state index in [4.69, 9.17) is 14.2 Å². The highest BCUT2D eigenvalue weighted by Crippen LogP contribution is 2.33. The van der Waals surface area contributed by atoms with Crippen LogP contribution in [0.3, 0.4) is 0 Å². The van der Waals surface area contributed by atoms with Crippen LogP contribution in [0.1, 0.15) is 68.0 Å². The summed E-state index contributed by atoms with van der Waals surface area (Å²) in [7, 11) is 1.59. The lowest BCUT2D eigenvalue weighted by molar-refractivity contribution is -0.123. The molecule has 0 bridgehead atoms. The molecule has 0 radical (unpaired) electrons. The number of β-amino-alcohol motifs (C(OH)–C–C–N with tert-alkyl or cyclic N) is 1. The lowest BCUT2D eigenvalue weighted by atomic mass is 10.00. The number of unbranched alkanes of at least 4 members (excludes halogenated alkanes) is 2. The zero-order valence-corrected chi connectivity index (χ0v) is 21.9. The molecule has 4 rings (SSSR count). The quantitative estimate of drug-likeness (QED) is 0.260. The van der Waals surface area contributed by atoms with E-state index in [0.29, 0.717) is 93.3 Å². The number of benzene rings is 2. The number of amides is 1. The maximum absolute atomic E-state index is 12.8. The van der Waals surface area contributed by atoms with Gasteiger partial charge in [-0.2, -0.15) is 0 Å². The predicted octanol–water partition coefficient (Wildman–Crippen LogP) is 3.52. The number of hydrogen-bond donors (Lipinski definition) is 3. The summed E-state index contributed by atoms with van der Waals surface area (Å²) in [6, 6.07) is 11.9. The van der Waals surface area contributed by atoms with Crippen LogP contribution in [0.25, 0.3) is 0 Å². The Balaban J connectivity index is 0.00000420. The zero-order valence-electron chi connectivity index (χ0n) is 21.9. The number of carbonyl (C=O) groups excluding carboxylic acids is 2. The minimum atomic E-state index is -0.949. The Kier molecular flexibility index (Phi) is 11.6. The number of hydrogen-bond acceptors (Lipinski definition) is 8. The number of ketones is 1. The third-order valence-electron chi connectivity index (χ3n) is 7.06. The van der Waals surface area contributed by atoms with Crippen LogP contribution in [-0.4, -0.2) is 78.9 Å². The molecule has 2 aliphatic heterocycles. The van der Waals surface area contributed by atoms with Gasteiger partial charge in [-0.25, -0.2) is 0 Å². The van der Waals surface area contributed by atoms with E-state index < -0.39 is 18.2 Å². The molecule has 9 heteroatoms. The van der Waals surface area contributed by atoms with E-state index in [0.717, 1.165) is 6.42 Å². The summed E-state index contributed by atoms with van der Waals surface area (Å²) in [6.07, 6.45) is 2.18. The second-order valence-electron chi connectivity index (χ2n) is 9.94. The Morgan fingerprint density at radius 3 is 2.46 bits per heavy atom. The van der Waals surface area contributed by atoms with Crippen molar-refractivity contribution in [2.24, 2.45) is 0 Å². The minimum absolute atomic E-state index is 0. The van der Waals surface area contributed by atoms with Gasteiger partial charge >= 0.3 is 0 Å². The smallest absolute Gasteiger partial charge is 0.220 e. The van der Waals surface area contributed by atoms with E-state index in [1.54, 1.807) is 49.6 Å². The average Bonchev–Trinajstić information content (AvgIpc) is 3.36. The maximum atomic E-state index is 12.8. The first-order valence-corrected chi connectivity index (χ1v) is 13.4. The van der Waals surface area contributed by atoms with Crippen LogP contribution in [0.4, 0.5) is 0 Å². The summed E-state index contributed by atoms with van der Waals surface area (Å²) in [5.41, 5.74) is 1.29. The van der Waals surface area contributed by atoms with Crippen molar-refractivity contribution < 1.29 is 34.0 Å². The molecule has 0 saturated carbocycles. The predicted molar refractivity (Wildman–Crippen MR) is 149 cm³/mol. The molecule has 39 heavy (non-hydrogen) atoms. The second-order valence-corrected chi connectivity index (χ2v) is 9.94. The highest BCUT2D eigenvalue weighted by Gasteiger charge is 2.29. The molecule has 2 heterocycles. The molecule has 0 unspecified atom stereocenters. The normalized spacial score (nSPS) is 18.1. The van der Waals surface area contributed by atoms with Crippen LogP contribution in [0.15, 0.2) is 42.5 Å². The van der Waals surface area contributed by atoms with E-state index in [1.165, 1.54) is 0 Å². The molecule has 3 N–H and O–H groups in total. The SMILES string of the molecule is C.COc1ccc(C(=O)CCCCCC(=O)N[C@H](CN2CC[C@@H](O)C2)[C@@H](O)c2ccc3c(c2)OCCO3)cc1. The summed E-state index contributed by atoms with van der Waals surface area (Å²) in [4.78, 5) is 27.3. The van der Waals surface area contributed by atoms with Gasteiger partial charge in [0, 0.05) is 38.0 Å². The fourth-order valence-corrected chi connectivity index (χ4v) is 4.90. The Morgan fingerprint density at radius 2 is 1.77 bits per heavy atom. The van der Waals surface area contributed by atoms with Crippen molar-refractivity contribution in [3.8, 4) is 17.2 Å². The number of aliphatic hydroxyl groups is 2. The van der Waals surface area contributed by atoms with Crippen molar-refractivity contribution in [1.29, 1.82) is 0 Å². The van der Waals surface area contributed by atoms with Crippen molar-refractivity contribution in [3.63, 3.8) is 0 Å². The number of Topliss-reactive ketones (excluding diaryl/α,β-unsaturated/α-hetero) is 1. The lowest BCUT2D eigenvalue weighted by Crippen LogP contribution is -2.47. The van der Waals surface area contributed by atoms with Crippen LogP contribution < -0.4 is 19.5 Å². The first-order chi connectivity index (χ1) is 18.4. The fraction of sp³-hybridized carbons (Fsp3) is 0.533. The third-order valence-corrected chi connectivity index (χ3v) is 7.06. The number of aliphatic hydroxyl groups excluding tert-OH is 2. The minimum Gasteiger partial charge on any atom is -0.497 e. The molecule has 2 aromatic carbocycles. The lowest BCUT2D eigenvalue weighted by Gasteiger charge is -2.29. The number of fused-ring (bicyclic) bond motifs is 1. The summed E-state index contributed by atoms with van der Waals surface area (Å²) in [6.45, 7) is 2.59. The topological polar surface area (TPSA) is 118 Å². The Morgan fingerprint density at radius 1 is 1.05 bits per heavy atom. The first kappa shape index (κ1) is 30.4. The monoisotopic (exact) mass is 542 g/mol. The van der Waals surface area contributed by atoms with Crippen LogP contribution in [0.5, 0.6) is 17.2 Å². The van der Waals surface area contributed by atoms with Gasteiger partial charge in [0.1, 0.15) is 25.1 Å². The Hall–Kier alpha value is -3.14.